The molecule has 0 spiro atoms. The molecule has 0 saturated carbocycles. The van der Waals surface area contributed by atoms with E-state index >= 15 is 0 Å². The van der Waals surface area contributed by atoms with Gasteiger partial charge in [-0.3, -0.25) is 4.79 Å². The summed E-state index contributed by atoms with van der Waals surface area (Å²) in [6, 6.07) is 12.6. The van der Waals surface area contributed by atoms with E-state index in [4.69, 9.17) is 11.6 Å². The molecule has 26 heavy (non-hydrogen) atoms. The molecule has 0 aliphatic carbocycles. The molecule has 3 rings (SSSR count). The molecule has 2 aromatic rings. The normalized spacial score (nSPS) is 15.5. The Labute approximate surface area is 159 Å². The number of carbonyl (C=O) groups excluding carboxylic acids is 1. The fraction of sp³-hybridized carbons (Fsp3) is 0.381. The number of rotatable bonds is 5. The average Bonchev–Trinajstić information content (AvgIpc) is 2.64. The summed E-state index contributed by atoms with van der Waals surface area (Å²) in [6.45, 7) is 4.01. The number of piperidine rings is 1. The van der Waals surface area contributed by atoms with Crippen molar-refractivity contribution >= 4 is 23.2 Å². The van der Waals surface area contributed by atoms with Crippen LogP contribution in [0.2, 0.25) is 5.02 Å². The van der Waals surface area contributed by atoms with Crippen molar-refractivity contribution in [3.8, 4) is 5.75 Å². The predicted molar refractivity (Wildman–Crippen MR) is 106 cm³/mol. The lowest BCUT2D eigenvalue weighted by atomic mass is 10.1. The van der Waals surface area contributed by atoms with Gasteiger partial charge in [-0.25, -0.2) is 0 Å². The van der Waals surface area contributed by atoms with Crippen molar-refractivity contribution in [1.82, 2.24) is 5.32 Å². The quantitative estimate of drug-likeness (QED) is 0.818. The molecule has 4 nitrogen and oxygen atoms in total. The van der Waals surface area contributed by atoms with Crippen LogP contribution in [0, 0.1) is 0 Å². The highest BCUT2D eigenvalue weighted by Gasteiger charge is 2.16. The molecule has 1 amide bonds. The molecule has 5 heteroatoms. The van der Waals surface area contributed by atoms with Crippen LogP contribution >= 0.6 is 11.6 Å². The Morgan fingerprint density at radius 1 is 1.15 bits per heavy atom. The Kier molecular flexibility index (Phi) is 6.04. The minimum atomic E-state index is -0.122. The number of nitrogens with one attached hydrogen (secondary N) is 1. The highest BCUT2D eigenvalue weighted by Crippen LogP contribution is 2.29. The number of halogens is 1. The summed E-state index contributed by atoms with van der Waals surface area (Å²) in [5.74, 6) is 0.122. The third-order valence-corrected chi connectivity index (χ3v) is 5.07. The molecule has 0 bridgehead atoms. The first kappa shape index (κ1) is 18.6. The molecule has 1 aliphatic rings. The number of phenolic OH excluding ortho intramolecular Hbond substituents is 1. The maximum absolute atomic E-state index is 12.5. The number of amides is 1. The number of hydrogen-bond acceptors (Lipinski definition) is 3. The molecule has 1 atom stereocenters. The van der Waals surface area contributed by atoms with E-state index in [9.17, 15) is 9.90 Å². The summed E-state index contributed by atoms with van der Waals surface area (Å²) in [6.07, 6.45) is 4.35. The van der Waals surface area contributed by atoms with E-state index in [1.165, 1.54) is 19.3 Å². The summed E-state index contributed by atoms with van der Waals surface area (Å²) in [7, 11) is 0. The lowest BCUT2D eigenvalue weighted by molar-refractivity contribution is 0.0940. The van der Waals surface area contributed by atoms with E-state index in [1.54, 1.807) is 18.2 Å². The molecule has 1 saturated heterocycles. The van der Waals surface area contributed by atoms with Crippen LogP contribution < -0.4 is 10.2 Å². The van der Waals surface area contributed by atoms with Crippen molar-refractivity contribution in [1.29, 1.82) is 0 Å². The van der Waals surface area contributed by atoms with Gasteiger partial charge in [-0.15, -0.1) is 0 Å². The van der Waals surface area contributed by atoms with Gasteiger partial charge < -0.3 is 15.3 Å². The van der Waals surface area contributed by atoms with Gasteiger partial charge in [0.2, 0.25) is 0 Å². The largest absolute Gasteiger partial charge is 0.508 e. The lowest BCUT2D eigenvalue weighted by Crippen LogP contribution is -2.34. The summed E-state index contributed by atoms with van der Waals surface area (Å²) in [5, 5.41) is 13.0. The summed E-state index contributed by atoms with van der Waals surface area (Å²) < 4.78 is 0. The highest BCUT2D eigenvalue weighted by atomic mass is 35.5. The molecule has 1 heterocycles. The Balaban J connectivity index is 1.61. The van der Waals surface area contributed by atoms with E-state index in [0.29, 0.717) is 17.0 Å². The number of phenols is 1. The van der Waals surface area contributed by atoms with E-state index in [1.807, 2.05) is 31.2 Å². The molecule has 0 aromatic heterocycles. The first-order valence-corrected chi connectivity index (χ1v) is 9.54. The second kappa shape index (κ2) is 8.45. The third kappa shape index (κ3) is 4.70. The van der Waals surface area contributed by atoms with Gasteiger partial charge in [-0.05, 0) is 68.5 Å². The number of hydrogen-bond donors (Lipinski definition) is 2. The van der Waals surface area contributed by atoms with E-state index in [0.717, 1.165) is 24.3 Å². The molecule has 138 valence electrons. The summed E-state index contributed by atoms with van der Waals surface area (Å²) >= 11 is 6.44. The van der Waals surface area contributed by atoms with Crippen molar-refractivity contribution in [2.45, 2.75) is 38.6 Å². The number of benzene rings is 2. The zero-order valence-corrected chi connectivity index (χ0v) is 15.8. The highest BCUT2D eigenvalue weighted by molar-refractivity contribution is 6.33. The van der Waals surface area contributed by atoms with Crippen LogP contribution in [-0.2, 0) is 6.42 Å². The fourth-order valence-corrected chi connectivity index (χ4v) is 3.68. The van der Waals surface area contributed by atoms with Crippen LogP contribution in [0.1, 0.15) is 42.1 Å². The molecule has 1 fully saturated rings. The predicted octanol–water partition coefficient (Wildman–Crippen LogP) is 4.40. The number of aromatic hydroxyl groups is 1. The maximum Gasteiger partial charge on any atom is 0.251 e. The van der Waals surface area contributed by atoms with Crippen LogP contribution in [0.3, 0.4) is 0 Å². The van der Waals surface area contributed by atoms with Crippen LogP contribution in [-0.4, -0.2) is 30.1 Å². The van der Waals surface area contributed by atoms with Gasteiger partial charge in [0.15, 0.2) is 0 Å². The third-order valence-electron chi connectivity index (χ3n) is 4.76. The molecule has 1 aliphatic heterocycles. The topological polar surface area (TPSA) is 52.6 Å². The van der Waals surface area contributed by atoms with Gasteiger partial charge >= 0.3 is 0 Å². The zero-order valence-electron chi connectivity index (χ0n) is 15.0. The summed E-state index contributed by atoms with van der Waals surface area (Å²) in [5.41, 5.74) is 2.66. The maximum atomic E-state index is 12.5. The summed E-state index contributed by atoms with van der Waals surface area (Å²) in [4.78, 5) is 14.8. The Morgan fingerprint density at radius 2 is 1.85 bits per heavy atom. The van der Waals surface area contributed by atoms with Gasteiger partial charge in [-0.1, -0.05) is 23.7 Å². The minimum absolute atomic E-state index is 0.0208. The molecule has 1 unspecified atom stereocenters. The second-order valence-corrected chi connectivity index (χ2v) is 7.37. The van der Waals surface area contributed by atoms with Gasteiger partial charge in [0.25, 0.3) is 5.91 Å². The molecule has 2 N–H and O–H groups in total. The minimum Gasteiger partial charge on any atom is -0.508 e. The van der Waals surface area contributed by atoms with Crippen molar-refractivity contribution < 1.29 is 9.90 Å². The van der Waals surface area contributed by atoms with Gasteiger partial charge in [-0.2, -0.15) is 0 Å². The molecular formula is C21H25ClN2O2. The number of anilines is 1. The smallest absolute Gasteiger partial charge is 0.251 e. The van der Waals surface area contributed by atoms with E-state index in [2.05, 4.69) is 10.2 Å². The van der Waals surface area contributed by atoms with Crippen molar-refractivity contribution in [2.24, 2.45) is 0 Å². The Morgan fingerprint density at radius 3 is 2.50 bits per heavy atom. The Hall–Kier alpha value is -2.20. The average molecular weight is 373 g/mol. The lowest BCUT2D eigenvalue weighted by Gasteiger charge is -2.29. The van der Waals surface area contributed by atoms with Gasteiger partial charge in [0.05, 0.1) is 10.7 Å². The fourth-order valence-electron chi connectivity index (χ4n) is 3.38. The van der Waals surface area contributed by atoms with Crippen molar-refractivity contribution in [3.63, 3.8) is 0 Å². The zero-order chi connectivity index (χ0) is 18.5. The van der Waals surface area contributed by atoms with Crippen molar-refractivity contribution in [2.75, 3.05) is 18.0 Å². The Bertz CT molecular complexity index is 755. The molecular weight excluding hydrogens is 348 g/mol. The molecule has 2 aromatic carbocycles. The first-order valence-electron chi connectivity index (χ1n) is 9.16. The molecule has 0 radical (unpaired) electrons. The van der Waals surface area contributed by atoms with E-state index in [-0.39, 0.29) is 17.7 Å². The second-order valence-electron chi connectivity index (χ2n) is 6.96. The van der Waals surface area contributed by atoms with Gasteiger partial charge in [0.1, 0.15) is 5.75 Å². The number of carbonyl (C=O) groups is 1. The van der Waals surface area contributed by atoms with Crippen LogP contribution in [0.15, 0.2) is 42.5 Å². The van der Waals surface area contributed by atoms with Gasteiger partial charge in [0, 0.05) is 24.7 Å². The number of nitrogens with zero attached hydrogens (tertiary/aromatic N) is 1. The van der Waals surface area contributed by atoms with E-state index < -0.39 is 0 Å². The van der Waals surface area contributed by atoms with Crippen molar-refractivity contribution in [3.05, 3.63) is 58.6 Å². The van der Waals surface area contributed by atoms with Crippen LogP contribution in [0.5, 0.6) is 5.75 Å². The van der Waals surface area contributed by atoms with Crippen LogP contribution in [0.25, 0.3) is 0 Å². The standard InChI is InChI=1S/C21H25ClN2O2/c1-15(13-16-5-8-18(25)9-6-16)23-21(26)17-7-10-20(19(22)14-17)24-11-3-2-4-12-24/h5-10,14-15,25H,2-4,11-13H2,1H3,(H,23,26). The first-order chi connectivity index (χ1) is 12.5. The SMILES string of the molecule is CC(Cc1ccc(O)cc1)NC(=O)c1ccc(N2CCCCC2)c(Cl)c1. The monoisotopic (exact) mass is 372 g/mol. The van der Waals surface area contributed by atoms with Crippen LogP contribution in [0.4, 0.5) is 5.69 Å².